The zero-order valence-corrected chi connectivity index (χ0v) is 15.6. The fourth-order valence-corrected chi connectivity index (χ4v) is 3.83. The van der Waals surface area contributed by atoms with Gasteiger partial charge in [0.05, 0.1) is 0 Å². The number of amides is 2. The van der Waals surface area contributed by atoms with Crippen molar-refractivity contribution in [2.24, 2.45) is 0 Å². The average Bonchev–Trinajstić information content (AvgIpc) is 3.16. The first-order valence-corrected chi connectivity index (χ1v) is 10.0. The Kier molecular flexibility index (Phi) is 6.80. The number of hydrogen-bond donors (Lipinski definition) is 3. The second kappa shape index (κ2) is 9.50. The third-order valence-electron chi connectivity index (χ3n) is 4.49. The van der Waals surface area contributed by atoms with E-state index in [9.17, 15) is 9.59 Å². The lowest BCUT2D eigenvalue weighted by Gasteiger charge is -2.23. The van der Waals surface area contributed by atoms with Crippen molar-refractivity contribution in [2.45, 2.75) is 38.1 Å². The van der Waals surface area contributed by atoms with Crippen LogP contribution >= 0.6 is 11.3 Å². The second-order valence-corrected chi connectivity index (χ2v) is 7.59. The zero-order valence-electron chi connectivity index (χ0n) is 14.8. The Bertz CT molecular complexity index is 724. The molecule has 6 heteroatoms. The van der Waals surface area contributed by atoms with Gasteiger partial charge in [-0.3, -0.25) is 9.59 Å². The number of rotatable bonds is 7. The molecular formula is C20H25N3O2S. The minimum Gasteiger partial charge on any atom is -0.349 e. The standard InChI is InChI=1S/C20H25N3O2S/c24-19(8-2-6-18-7-3-13-26-18)22-17-5-1-4-15(14-17)20(25)23-16-9-11-21-12-10-16/h1,3-5,7,13-14,16,21H,2,6,8-12H2,(H,22,24)(H,23,25). The highest BCUT2D eigenvalue weighted by atomic mass is 32.1. The van der Waals surface area contributed by atoms with Crippen LogP contribution in [0, 0.1) is 0 Å². The highest BCUT2D eigenvalue weighted by molar-refractivity contribution is 7.09. The van der Waals surface area contributed by atoms with E-state index >= 15 is 0 Å². The lowest BCUT2D eigenvalue weighted by atomic mass is 10.1. The maximum Gasteiger partial charge on any atom is 0.251 e. The van der Waals surface area contributed by atoms with Crippen LogP contribution in [0.3, 0.4) is 0 Å². The fourth-order valence-electron chi connectivity index (χ4n) is 3.07. The van der Waals surface area contributed by atoms with Crippen molar-refractivity contribution in [3.05, 3.63) is 52.2 Å². The van der Waals surface area contributed by atoms with Gasteiger partial charge in [-0.05, 0) is 68.4 Å². The van der Waals surface area contributed by atoms with Crippen LogP contribution < -0.4 is 16.0 Å². The number of nitrogens with one attached hydrogen (secondary N) is 3. The normalized spacial score (nSPS) is 14.8. The predicted molar refractivity (Wildman–Crippen MR) is 106 cm³/mol. The van der Waals surface area contributed by atoms with Crippen molar-refractivity contribution in [3.63, 3.8) is 0 Å². The number of aryl methyl sites for hydroxylation is 1. The summed E-state index contributed by atoms with van der Waals surface area (Å²) >= 11 is 1.72. The van der Waals surface area contributed by atoms with Crippen molar-refractivity contribution in [1.29, 1.82) is 0 Å². The van der Waals surface area contributed by atoms with E-state index in [4.69, 9.17) is 0 Å². The van der Waals surface area contributed by atoms with Gasteiger partial charge in [-0.15, -0.1) is 11.3 Å². The number of anilines is 1. The van der Waals surface area contributed by atoms with E-state index in [-0.39, 0.29) is 17.9 Å². The minimum atomic E-state index is -0.0781. The molecule has 1 aliphatic heterocycles. The summed E-state index contributed by atoms with van der Waals surface area (Å²) in [4.78, 5) is 25.8. The van der Waals surface area contributed by atoms with Crippen LogP contribution in [0.15, 0.2) is 41.8 Å². The van der Waals surface area contributed by atoms with Crippen LogP contribution in [0.2, 0.25) is 0 Å². The van der Waals surface area contributed by atoms with Crippen molar-refractivity contribution >= 4 is 28.8 Å². The lowest BCUT2D eigenvalue weighted by molar-refractivity contribution is -0.116. The quantitative estimate of drug-likeness (QED) is 0.700. The molecule has 1 aliphatic rings. The SMILES string of the molecule is O=C(CCCc1cccs1)Nc1cccc(C(=O)NC2CCNCC2)c1. The third-order valence-corrected chi connectivity index (χ3v) is 5.43. The number of piperidine rings is 1. The van der Waals surface area contributed by atoms with Crippen LogP contribution in [0.5, 0.6) is 0 Å². The van der Waals surface area contributed by atoms with Gasteiger partial charge >= 0.3 is 0 Å². The molecule has 0 radical (unpaired) electrons. The molecule has 1 saturated heterocycles. The first-order chi connectivity index (χ1) is 12.7. The Balaban J connectivity index is 1.48. The minimum absolute atomic E-state index is 0.0162. The van der Waals surface area contributed by atoms with E-state index in [2.05, 4.69) is 27.4 Å². The molecule has 5 nitrogen and oxygen atoms in total. The summed E-state index contributed by atoms with van der Waals surface area (Å²) in [5.41, 5.74) is 1.25. The maximum atomic E-state index is 12.4. The van der Waals surface area contributed by atoms with E-state index in [1.54, 1.807) is 29.5 Å². The molecule has 2 aromatic rings. The molecule has 1 aromatic heterocycles. The predicted octanol–water partition coefficient (Wildman–Crippen LogP) is 3.19. The summed E-state index contributed by atoms with van der Waals surface area (Å²) in [5, 5.41) is 11.3. The first-order valence-electron chi connectivity index (χ1n) is 9.14. The van der Waals surface area contributed by atoms with Gasteiger partial charge in [-0.25, -0.2) is 0 Å². The topological polar surface area (TPSA) is 70.2 Å². The molecule has 0 bridgehead atoms. The number of benzene rings is 1. The molecule has 1 aromatic carbocycles. The Labute approximate surface area is 158 Å². The molecular weight excluding hydrogens is 346 g/mol. The summed E-state index contributed by atoms with van der Waals surface area (Å²) in [6.07, 6.45) is 4.12. The molecule has 0 aliphatic carbocycles. The van der Waals surface area contributed by atoms with Gasteiger partial charge in [0, 0.05) is 28.6 Å². The van der Waals surface area contributed by atoms with E-state index in [0.29, 0.717) is 17.7 Å². The van der Waals surface area contributed by atoms with Gasteiger partial charge in [-0.1, -0.05) is 12.1 Å². The summed E-state index contributed by atoms with van der Waals surface area (Å²) < 4.78 is 0. The van der Waals surface area contributed by atoms with Crippen molar-refractivity contribution in [2.75, 3.05) is 18.4 Å². The summed E-state index contributed by atoms with van der Waals surface area (Å²) in [6.45, 7) is 1.87. The maximum absolute atomic E-state index is 12.4. The van der Waals surface area contributed by atoms with Crippen LogP contribution in [0.4, 0.5) is 5.69 Å². The molecule has 0 unspecified atom stereocenters. The Morgan fingerprint density at radius 1 is 1.15 bits per heavy atom. The van der Waals surface area contributed by atoms with Gasteiger partial charge in [0.25, 0.3) is 5.91 Å². The number of thiophene rings is 1. The molecule has 2 heterocycles. The molecule has 0 saturated carbocycles. The average molecular weight is 372 g/mol. The van der Waals surface area contributed by atoms with Crippen LogP contribution in [0.1, 0.15) is 40.9 Å². The highest BCUT2D eigenvalue weighted by Gasteiger charge is 2.16. The van der Waals surface area contributed by atoms with Crippen molar-refractivity contribution in [3.8, 4) is 0 Å². The monoisotopic (exact) mass is 371 g/mol. The van der Waals surface area contributed by atoms with Crippen molar-refractivity contribution in [1.82, 2.24) is 10.6 Å². The highest BCUT2D eigenvalue weighted by Crippen LogP contribution is 2.15. The van der Waals surface area contributed by atoms with Gasteiger partial charge in [0.1, 0.15) is 0 Å². The molecule has 0 spiro atoms. The molecule has 3 rings (SSSR count). The third kappa shape index (κ3) is 5.68. The largest absolute Gasteiger partial charge is 0.349 e. The van der Waals surface area contributed by atoms with Crippen LogP contribution in [-0.2, 0) is 11.2 Å². The van der Waals surface area contributed by atoms with E-state index in [1.807, 2.05) is 12.1 Å². The van der Waals surface area contributed by atoms with Crippen LogP contribution in [0.25, 0.3) is 0 Å². The molecule has 1 fully saturated rings. The van der Waals surface area contributed by atoms with E-state index in [0.717, 1.165) is 38.8 Å². The molecule has 26 heavy (non-hydrogen) atoms. The van der Waals surface area contributed by atoms with Gasteiger partial charge < -0.3 is 16.0 Å². The molecule has 138 valence electrons. The summed E-state index contributed by atoms with van der Waals surface area (Å²) in [6, 6.07) is 11.5. The smallest absolute Gasteiger partial charge is 0.251 e. The fraction of sp³-hybridized carbons (Fsp3) is 0.400. The Hall–Kier alpha value is -2.18. The van der Waals surface area contributed by atoms with Crippen LogP contribution in [-0.4, -0.2) is 30.9 Å². The number of hydrogen-bond acceptors (Lipinski definition) is 4. The Morgan fingerprint density at radius 2 is 2.00 bits per heavy atom. The second-order valence-electron chi connectivity index (χ2n) is 6.56. The van der Waals surface area contributed by atoms with Crippen molar-refractivity contribution < 1.29 is 9.59 Å². The molecule has 0 atom stereocenters. The first kappa shape index (κ1) is 18.6. The Morgan fingerprint density at radius 3 is 2.77 bits per heavy atom. The zero-order chi connectivity index (χ0) is 18.2. The van der Waals surface area contributed by atoms with Gasteiger partial charge in [0.15, 0.2) is 0 Å². The molecule has 3 N–H and O–H groups in total. The number of carbonyl (C=O) groups is 2. The van der Waals surface area contributed by atoms with E-state index in [1.165, 1.54) is 4.88 Å². The van der Waals surface area contributed by atoms with Gasteiger partial charge in [0.2, 0.25) is 5.91 Å². The number of carbonyl (C=O) groups excluding carboxylic acids is 2. The summed E-state index contributed by atoms with van der Waals surface area (Å²) in [5.74, 6) is -0.0943. The lowest BCUT2D eigenvalue weighted by Crippen LogP contribution is -2.42. The van der Waals surface area contributed by atoms with E-state index < -0.39 is 0 Å². The molecule has 2 amide bonds. The van der Waals surface area contributed by atoms with Gasteiger partial charge in [-0.2, -0.15) is 0 Å². The summed E-state index contributed by atoms with van der Waals surface area (Å²) in [7, 11) is 0.